The maximum absolute atomic E-state index is 9.08. The van der Waals surface area contributed by atoms with Gasteiger partial charge in [-0.15, -0.1) is 0 Å². The van der Waals surface area contributed by atoms with Crippen molar-refractivity contribution in [2.24, 2.45) is 0 Å². The third-order valence-electron chi connectivity index (χ3n) is 2.83. The average Bonchev–Trinajstić information content (AvgIpc) is 2.43. The molecule has 92 valence electrons. The number of aliphatic hydroxyl groups is 1. The summed E-state index contributed by atoms with van der Waals surface area (Å²) >= 11 is -1.32. The fourth-order valence-electron chi connectivity index (χ4n) is 2.06. The van der Waals surface area contributed by atoms with Crippen LogP contribution in [-0.4, -0.2) is 31.0 Å². The van der Waals surface area contributed by atoms with Crippen LogP contribution in [0.1, 0.15) is 0 Å². The number of fused-ring (bicyclic) bond motifs is 2. The number of para-hydroxylation sites is 2. The zero-order chi connectivity index (χ0) is 12.4. The van der Waals surface area contributed by atoms with Crippen molar-refractivity contribution in [1.82, 2.24) is 0 Å². The first-order valence-electron chi connectivity index (χ1n) is 5.89. The second kappa shape index (κ2) is 5.39. The van der Waals surface area contributed by atoms with Gasteiger partial charge in [0.1, 0.15) is 0 Å². The predicted molar refractivity (Wildman–Crippen MR) is 80.7 cm³/mol. The molecule has 0 saturated carbocycles. The first-order valence-corrected chi connectivity index (χ1v) is 11.0. The zero-order valence-electron chi connectivity index (χ0n) is 9.84. The normalized spacial score (nSPS) is 13.6. The molecule has 0 unspecified atom stereocenters. The summed E-state index contributed by atoms with van der Waals surface area (Å²) in [5, 5.41) is 12.6. The van der Waals surface area contributed by atoms with E-state index in [9.17, 15) is 0 Å². The van der Waals surface area contributed by atoms with Gasteiger partial charge >= 0.3 is 115 Å². The van der Waals surface area contributed by atoms with Gasteiger partial charge < -0.3 is 0 Å². The minimum atomic E-state index is -1.32. The van der Waals surface area contributed by atoms with E-state index in [0.29, 0.717) is 0 Å². The summed E-state index contributed by atoms with van der Waals surface area (Å²) in [4.78, 5) is 0. The van der Waals surface area contributed by atoms with Crippen molar-refractivity contribution < 1.29 is 5.11 Å². The molecule has 0 aliphatic carbocycles. The van der Waals surface area contributed by atoms with Crippen molar-refractivity contribution in [2.45, 2.75) is 0 Å². The van der Waals surface area contributed by atoms with E-state index < -0.39 is 13.5 Å². The summed E-state index contributed by atoms with van der Waals surface area (Å²) in [5.74, 6) is 0.822. The van der Waals surface area contributed by atoms with Gasteiger partial charge in [0, 0.05) is 0 Å². The van der Waals surface area contributed by atoms with Crippen LogP contribution < -0.4 is 14.0 Å². The second-order valence-corrected chi connectivity index (χ2v) is 11.5. The van der Waals surface area contributed by atoms with Gasteiger partial charge in [-0.25, -0.2) is 0 Å². The van der Waals surface area contributed by atoms with E-state index in [0.717, 1.165) is 5.75 Å². The monoisotopic (exact) mass is 319 g/mol. The summed E-state index contributed by atoms with van der Waals surface area (Å²) < 4.78 is 2.89. The van der Waals surface area contributed by atoms with Crippen LogP contribution in [0.3, 0.4) is 0 Å². The Morgan fingerprint density at radius 3 is 2.06 bits per heavy atom. The number of anilines is 2. The first kappa shape index (κ1) is 12.2. The van der Waals surface area contributed by atoms with Gasteiger partial charge in [0.05, 0.1) is 0 Å². The Hall–Kier alpha value is -0.892. The molecule has 1 heterocycles. The summed E-state index contributed by atoms with van der Waals surface area (Å²) in [7, 11) is 1.94. The third kappa shape index (κ3) is 2.18. The van der Waals surface area contributed by atoms with Gasteiger partial charge in [-0.3, -0.25) is 0 Å². The van der Waals surface area contributed by atoms with E-state index in [1.807, 2.05) is 10.0 Å². The number of nitrogens with one attached hydrogen (secondary N) is 1. The Labute approximate surface area is 115 Å². The number of hydrogen-bond donors (Lipinski definition) is 2. The van der Waals surface area contributed by atoms with Crippen molar-refractivity contribution >= 4 is 43.6 Å². The van der Waals surface area contributed by atoms with E-state index in [4.69, 9.17) is 5.11 Å². The van der Waals surface area contributed by atoms with Gasteiger partial charge in [0.15, 0.2) is 0 Å². The molecule has 1 aliphatic heterocycles. The van der Waals surface area contributed by atoms with Crippen molar-refractivity contribution in [1.29, 1.82) is 0 Å². The van der Waals surface area contributed by atoms with Crippen molar-refractivity contribution in [2.75, 3.05) is 17.7 Å². The Morgan fingerprint density at radius 2 is 1.50 bits per heavy atom. The topological polar surface area (TPSA) is 32.3 Å². The van der Waals surface area contributed by atoms with Crippen molar-refractivity contribution in [3.8, 4) is 0 Å². The number of hydrogen-bond acceptors (Lipinski definition) is 3. The Morgan fingerprint density at radius 1 is 0.944 bits per heavy atom. The number of benzene rings is 2. The van der Waals surface area contributed by atoms with Gasteiger partial charge in [-0.1, -0.05) is 0 Å². The number of aliphatic hydroxyl groups excluding tert-OH is 1. The average molecular weight is 319 g/mol. The molecule has 0 bridgehead atoms. The molecule has 2 aromatic carbocycles. The summed E-state index contributed by atoms with van der Waals surface area (Å²) in [5.41, 5.74) is 2.48. The molecule has 0 amide bonds. The second-order valence-electron chi connectivity index (χ2n) is 4.01. The molecule has 1 aliphatic rings. The van der Waals surface area contributed by atoms with E-state index in [1.165, 1.54) is 20.1 Å². The van der Waals surface area contributed by atoms with Crippen LogP contribution in [0.5, 0.6) is 0 Å². The number of rotatable bonds is 3. The van der Waals surface area contributed by atoms with Gasteiger partial charge in [0.2, 0.25) is 0 Å². The molecule has 2 aromatic rings. The minimum absolute atomic E-state index is 0.258. The molecular weight excluding hydrogens is 305 g/mol. The molecule has 4 heteroatoms. The van der Waals surface area contributed by atoms with Gasteiger partial charge in [-0.05, 0) is 0 Å². The summed E-state index contributed by atoms with van der Waals surface area (Å²) in [6.45, 7) is 0.258. The fourth-order valence-corrected chi connectivity index (χ4v) is 10.6. The van der Waals surface area contributed by atoms with Crippen LogP contribution in [0, 0.1) is 0 Å². The van der Waals surface area contributed by atoms with Crippen LogP contribution in [0.2, 0.25) is 0 Å². The van der Waals surface area contributed by atoms with Crippen LogP contribution in [0.4, 0.5) is 11.4 Å². The van der Waals surface area contributed by atoms with Crippen LogP contribution >= 0.6 is 10.0 Å². The van der Waals surface area contributed by atoms with E-state index in [2.05, 4.69) is 53.8 Å². The summed E-state index contributed by atoms with van der Waals surface area (Å²) in [6.07, 6.45) is 0. The predicted octanol–water partition coefficient (Wildman–Crippen LogP) is 1.57. The van der Waals surface area contributed by atoms with E-state index >= 15 is 0 Å². The zero-order valence-corrected chi connectivity index (χ0v) is 12.5. The summed E-state index contributed by atoms with van der Waals surface area (Å²) in [6, 6.07) is 17.1. The molecular formula is C14H14AsNOS. The molecule has 18 heavy (non-hydrogen) atoms. The van der Waals surface area contributed by atoms with Gasteiger partial charge in [0.25, 0.3) is 0 Å². The van der Waals surface area contributed by atoms with E-state index in [1.54, 1.807) is 0 Å². The Kier molecular flexibility index (Phi) is 3.64. The van der Waals surface area contributed by atoms with Crippen LogP contribution in [0.15, 0.2) is 48.5 Å². The molecule has 2 N–H and O–H groups in total. The molecule has 0 fully saturated rings. The fraction of sp³-hybridized carbons (Fsp3) is 0.143. The first-order chi connectivity index (χ1) is 8.90. The quantitative estimate of drug-likeness (QED) is 0.843. The molecule has 0 spiro atoms. The Bertz CT molecular complexity index is 515. The third-order valence-corrected chi connectivity index (χ3v) is 11.7. The molecule has 2 nitrogen and oxygen atoms in total. The van der Waals surface area contributed by atoms with E-state index in [-0.39, 0.29) is 6.61 Å². The van der Waals surface area contributed by atoms with Crippen molar-refractivity contribution in [3.05, 3.63) is 48.5 Å². The molecule has 0 radical (unpaired) electrons. The molecule has 0 aromatic heterocycles. The maximum atomic E-state index is 9.08. The molecule has 3 rings (SSSR count). The molecule has 0 saturated heterocycles. The van der Waals surface area contributed by atoms with Crippen LogP contribution in [0.25, 0.3) is 0 Å². The van der Waals surface area contributed by atoms with Gasteiger partial charge in [-0.2, -0.15) is 0 Å². The van der Waals surface area contributed by atoms with Crippen LogP contribution in [-0.2, 0) is 0 Å². The Balaban J connectivity index is 2.05. The SMILES string of the molecule is OCCS[As]1c2ccccc2Nc2ccccc21. The molecule has 0 atom stereocenters. The standard InChI is InChI=1S/C14H14AsNOS/c17-9-10-18-15-11-5-1-3-7-13(11)16-14-8-4-2-6-12(14)15/h1-8,16-17H,9-10H2. The van der Waals surface area contributed by atoms with Crippen molar-refractivity contribution in [3.63, 3.8) is 0 Å².